The molecule has 7 heteroatoms. The van der Waals surface area contributed by atoms with Gasteiger partial charge in [-0.15, -0.1) is 0 Å². The van der Waals surface area contributed by atoms with Crippen LogP contribution in [-0.2, 0) is 0 Å². The maximum atomic E-state index is 6.46. The van der Waals surface area contributed by atoms with Gasteiger partial charge in [0.1, 0.15) is 11.0 Å². The summed E-state index contributed by atoms with van der Waals surface area (Å²) >= 11 is 1.72. The number of aromatic nitrogens is 3. The van der Waals surface area contributed by atoms with Gasteiger partial charge in [0.2, 0.25) is 0 Å². The quantitative estimate of drug-likeness (QED) is 0.781. The molecular formula is C18H19N5OS. The van der Waals surface area contributed by atoms with Crippen molar-refractivity contribution < 1.29 is 4.74 Å². The maximum absolute atomic E-state index is 6.46. The number of hydrogen-bond donors (Lipinski definition) is 1. The molecule has 5 rings (SSSR count). The number of para-hydroxylation sites is 1. The second kappa shape index (κ2) is 5.64. The van der Waals surface area contributed by atoms with Gasteiger partial charge < -0.3 is 15.4 Å². The Morgan fingerprint density at radius 2 is 2.00 bits per heavy atom. The Hall–Kier alpha value is -2.25. The normalized spacial score (nSPS) is 25.0. The fourth-order valence-corrected chi connectivity index (χ4v) is 5.00. The molecule has 1 saturated carbocycles. The molecule has 0 bridgehead atoms. The van der Waals surface area contributed by atoms with Crippen molar-refractivity contribution in [3.05, 3.63) is 42.6 Å². The summed E-state index contributed by atoms with van der Waals surface area (Å²) < 4.78 is 7.69. The summed E-state index contributed by atoms with van der Waals surface area (Å²) in [6, 6.07) is 13.5. The van der Waals surface area contributed by atoms with Gasteiger partial charge in [-0.05, 0) is 37.1 Å². The van der Waals surface area contributed by atoms with Crippen LogP contribution >= 0.6 is 11.8 Å². The molecule has 6 nitrogen and oxygen atoms in total. The second-order valence-corrected chi connectivity index (χ2v) is 7.57. The molecule has 0 radical (unpaired) electrons. The Bertz CT molecular complexity index is 942. The number of ether oxygens (including phenoxy) is 1. The maximum Gasteiger partial charge on any atom is 0.298 e. The van der Waals surface area contributed by atoms with Gasteiger partial charge in [0.15, 0.2) is 5.65 Å². The van der Waals surface area contributed by atoms with Crippen molar-refractivity contribution in [2.45, 2.75) is 35.3 Å². The molecule has 0 spiro atoms. The number of nitrogens with zero attached hydrogens (tertiary/aromatic N) is 4. The summed E-state index contributed by atoms with van der Waals surface area (Å²) in [5.41, 5.74) is 9.37. The molecule has 1 aliphatic carbocycles. The summed E-state index contributed by atoms with van der Waals surface area (Å²) in [7, 11) is 1.66. The van der Waals surface area contributed by atoms with Crippen LogP contribution in [0.15, 0.2) is 47.5 Å². The van der Waals surface area contributed by atoms with Crippen molar-refractivity contribution in [3.8, 4) is 6.01 Å². The number of imidazole rings is 1. The summed E-state index contributed by atoms with van der Waals surface area (Å²) in [6.07, 6.45) is 3.97. The average molecular weight is 353 g/mol. The Labute approximate surface area is 150 Å². The number of benzene rings is 1. The van der Waals surface area contributed by atoms with E-state index in [1.807, 2.05) is 12.1 Å². The molecule has 0 saturated heterocycles. The Morgan fingerprint density at radius 3 is 2.80 bits per heavy atom. The number of pyridine rings is 1. The van der Waals surface area contributed by atoms with Gasteiger partial charge >= 0.3 is 0 Å². The first-order valence-electron chi connectivity index (χ1n) is 8.44. The van der Waals surface area contributed by atoms with E-state index in [4.69, 9.17) is 10.5 Å². The van der Waals surface area contributed by atoms with E-state index in [2.05, 4.69) is 43.7 Å². The van der Waals surface area contributed by atoms with E-state index in [1.165, 1.54) is 10.6 Å². The van der Waals surface area contributed by atoms with Gasteiger partial charge in [-0.3, -0.25) is 4.57 Å². The molecule has 3 unspecified atom stereocenters. The lowest BCUT2D eigenvalue weighted by atomic mass is 9.84. The lowest BCUT2D eigenvalue weighted by molar-refractivity contribution is 0.222. The fraction of sp³-hybridized carbons (Fsp3) is 0.333. The minimum Gasteiger partial charge on any atom is -0.468 e. The Morgan fingerprint density at radius 1 is 1.16 bits per heavy atom. The number of hydrogen-bond acceptors (Lipinski definition) is 6. The minimum absolute atomic E-state index is 0.0565. The number of anilines is 1. The molecule has 1 fully saturated rings. The Balaban J connectivity index is 1.57. The number of methoxy groups -OCH3 is 1. The molecular weight excluding hydrogens is 334 g/mol. The molecule has 1 aliphatic heterocycles. The molecule has 2 aromatic heterocycles. The lowest BCUT2D eigenvalue weighted by Crippen LogP contribution is -2.53. The second-order valence-electron chi connectivity index (χ2n) is 6.41. The monoisotopic (exact) mass is 353 g/mol. The zero-order chi connectivity index (χ0) is 17.0. The molecule has 2 aliphatic rings. The predicted octanol–water partition coefficient (Wildman–Crippen LogP) is 3.00. The molecule has 3 atom stereocenters. The Kier molecular flexibility index (Phi) is 3.39. The number of nitrogens with two attached hydrogens (primary N) is 1. The SMILES string of the molecule is COc1nc2cccnc2n1C1CCC1N1c2ccccc2SC1N. The first kappa shape index (κ1) is 15.0. The molecule has 2 N–H and O–H groups in total. The highest BCUT2D eigenvalue weighted by Crippen LogP contribution is 2.49. The third kappa shape index (κ3) is 2.15. The van der Waals surface area contributed by atoms with Crippen LogP contribution in [0.4, 0.5) is 5.69 Å². The van der Waals surface area contributed by atoms with Crippen molar-refractivity contribution in [1.82, 2.24) is 14.5 Å². The van der Waals surface area contributed by atoms with E-state index in [9.17, 15) is 0 Å². The van der Waals surface area contributed by atoms with Crippen LogP contribution in [0.25, 0.3) is 11.2 Å². The van der Waals surface area contributed by atoms with Crippen molar-refractivity contribution in [2.75, 3.05) is 12.0 Å². The van der Waals surface area contributed by atoms with Crippen molar-refractivity contribution in [1.29, 1.82) is 0 Å². The van der Waals surface area contributed by atoms with Crippen LogP contribution < -0.4 is 15.4 Å². The van der Waals surface area contributed by atoms with Crippen LogP contribution in [-0.4, -0.2) is 33.2 Å². The average Bonchev–Trinajstić information content (AvgIpc) is 3.13. The summed E-state index contributed by atoms with van der Waals surface area (Å²) in [6.45, 7) is 0. The van der Waals surface area contributed by atoms with Crippen LogP contribution in [0.1, 0.15) is 18.9 Å². The largest absolute Gasteiger partial charge is 0.468 e. The van der Waals surface area contributed by atoms with Gasteiger partial charge in [-0.25, -0.2) is 4.98 Å². The van der Waals surface area contributed by atoms with E-state index in [1.54, 1.807) is 25.1 Å². The van der Waals surface area contributed by atoms with E-state index in [0.29, 0.717) is 12.1 Å². The summed E-state index contributed by atoms with van der Waals surface area (Å²) in [5, 5.41) is 0. The van der Waals surface area contributed by atoms with E-state index in [0.717, 1.165) is 24.0 Å². The molecule has 128 valence electrons. The molecule has 25 heavy (non-hydrogen) atoms. The van der Waals surface area contributed by atoms with Crippen molar-refractivity contribution in [2.24, 2.45) is 5.73 Å². The zero-order valence-corrected chi connectivity index (χ0v) is 14.7. The van der Waals surface area contributed by atoms with E-state index in [-0.39, 0.29) is 11.5 Å². The number of rotatable bonds is 3. The van der Waals surface area contributed by atoms with Gasteiger partial charge in [-0.2, -0.15) is 4.98 Å². The van der Waals surface area contributed by atoms with Gasteiger partial charge in [0, 0.05) is 11.1 Å². The molecule has 1 aromatic carbocycles. The van der Waals surface area contributed by atoms with Gasteiger partial charge in [0.25, 0.3) is 6.01 Å². The highest BCUT2D eigenvalue weighted by atomic mass is 32.2. The lowest BCUT2D eigenvalue weighted by Gasteiger charge is -2.45. The summed E-state index contributed by atoms with van der Waals surface area (Å²) in [4.78, 5) is 12.7. The third-order valence-corrected chi connectivity index (χ3v) is 6.22. The van der Waals surface area contributed by atoms with Gasteiger partial charge in [0.05, 0.1) is 24.9 Å². The van der Waals surface area contributed by atoms with E-state index >= 15 is 0 Å². The van der Waals surface area contributed by atoms with Crippen molar-refractivity contribution in [3.63, 3.8) is 0 Å². The van der Waals surface area contributed by atoms with Crippen LogP contribution in [0.5, 0.6) is 6.01 Å². The number of fused-ring (bicyclic) bond motifs is 2. The van der Waals surface area contributed by atoms with Crippen LogP contribution in [0, 0.1) is 0 Å². The highest BCUT2D eigenvalue weighted by molar-refractivity contribution is 8.00. The van der Waals surface area contributed by atoms with Gasteiger partial charge in [-0.1, -0.05) is 23.9 Å². The fourth-order valence-electron chi connectivity index (χ4n) is 3.90. The summed E-state index contributed by atoms with van der Waals surface area (Å²) in [5.74, 6) is 0. The van der Waals surface area contributed by atoms with Crippen LogP contribution in [0.2, 0.25) is 0 Å². The predicted molar refractivity (Wildman–Crippen MR) is 98.9 cm³/mol. The third-order valence-electron chi connectivity index (χ3n) is 5.16. The minimum atomic E-state index is -0.0565. The molecule has 3 heterocycles. The first-order chi connectivity index (χ1) is 12.3. The first-order valence-corrected chi connectivity index (χ1v) is 9.32. The van der Waals surface area contributed by atoms with Crippen LogP contribution in [0.3, 0.4) is 0 Å². The molecule has 0 amide bonds. The topological polar surface area (TPSA) is 69.2 Å². The highest BCUT2D eigenvalue weighted by Gasteiger charge is 2.44. The zero-order valence-electron chi connectivity index (χ0n) is 13.9. The standard InChI is InChI=1S/C18H19N5OS/c1-24-18-21-11-5-4-10-20-16(11)23(18)13-9-8-12(13)22-14-6-2-3-7-15(14)25-17(22)19/h2-7,10,12-13,17H,8-9,19H2,1H3. The smallest absolute Gasteiger partial charge is 0.298 e. The molecule has 3 aromatic rings. The van der Waals surface area contributed by atoms with E-state index < -0.39 is 0 Å². The number of thioether (sulfide) groups is 1. The van der Waals surface area contributed by atoms with Crippen molar-refractivity contribution >= 4 is 28.6 Å².